The van der Waals surface area contributed by atoms with Crippen molar-refractivity contribution in [2.24, 2.45) is 10.7 Å². The third-order valence-corrected chi connectivity index (χ3v) is 2.44. The first-order valence-corrected chi connectivity index (χ1v) is 6.47. The van der Waals surface area contributed by atoms with E-state index in [2.05, 4.69) is 27.5 Å². The van der Waals surface area contributed by atoms with Gasteiger partial charge in [0.1, 0.15) is 0 Å². The molecule has 0 bridgehead atoms. The number of nitrogens with two attached hydrogens (primary N) is 1. The molecule has 0 aromatic carbocycles. The SMILES string of the molecule is CCCCCNC(=NCc1ccccn1)NC(N)=O. The van der Waals surface area contributed by atoms with Crippen LogP contribution in [0.4, 0.5) is 4.79 Å². The Balaban J connectivity index is 2.49. The van der Waals surface area contributed by atoms with Gasteiger partial charge in [-0.25, -0.2) is 9.79 Å². The van der Waals surface area contributed by atoms with Crippen LogP contribution in [0.3, 0.4) is 0 Å². The highest BCUT2D eigenvalue weighted by Gasteiger charge is 2.01. The van der Waals surface area contributed by atoms with E-state index in [1.165, 1.54) is 0 Å². The van der Waals surface area contributed by atoms with Gasteiger partial charge in [0.05, 0.1) is 12.2 Å². The first-order valence-electron chi connectivity index (χ1n) is 6.47. The van der Waals surface area contributed by atoms with Crippen molar-refractivity contribution < 1.29 is 4.79 Å². The van der Waals surface area contributed by atoms with Crippen molar-refractivity contribution in [1.29, 1.82) is 0 Å². The molecule has 0 aliphatic heterocycles. The molecule has 4 N–H and O–H groups in total. The van der Waals surface area contributed by atoms with Gasteiger partial charge in [0.15, 0.2) is 5.96 Å². The topological polar surface area (TPSA) is 92.4 Å². The number of hydrogen-bond donors (Lipinski definition) is 3. The lowest BCUT2D eigenvalue weighted by atomic mass is 10.2. The number of nitrogens with zero attached hydrogens (tertiary/aromatic N) is 2. The molecule has 0 atom stereocenters. The average Bonchev–Trinajstić information content (AvgIpc) is 2.41. The molecule has 0 aliphatic rings. The number of aliphatic imine (C=N–C) groups is 1. The van der Waals surface area contributed by atoms with Crippen LogP contribution in [0.5, 0.6) is 0 Å². The molecule has 19 heavy (non-hydrogen) atoms. The molecule has 6 nitrogen and oxygen atoms in total. The van der Waals surface area contributed by atoms with Crippen molar-refractivity contribution in [2.45, 2.75) is 32.7 Å². The maximum absolute atomic E-state index is 10.9. The largest absolute Gasteiger partial charge is 0.356 e. The first kappa shape index (κ1) is 14.9. The fraction of sp³-hybridized carbons (Fsp3) is 0.462. The van der Waals surface area contributed by atoms with E-state index >= 15 is 0 Å². The summed E-state index contributed by atoms with van der Waals surface area (Å²) in [7, 11) is 0. The van der Waals surface area contributed by atoms with Crippen LogP contribution in [0.1, 0.15) is 31.9 Å². The number of pyridine rings is 1. The number of urea groups is 1. The maximum atomic E-state index is 10.9. The summed E-state index contributed by atoms with van der Waals surface area (Å²) < 4.78 is 0. The summed E-state index contributed by atoms with van der Waals surface area (Å²) in [5.74, 6) is 0.397. The molecular formula is C13H21N5O. The van der Waals surface area contributed by atoms with E-state index < -0.39 is 6.03 Å². The third kappa shape index (κ3) is 7.03. The van der Waals surface area contributed by atoms with Gasteiger partial charge in [-0.1, -0.05) is 25.8 Å². The lowest BCUT2D eigenvalue weighted by Gasteiger charge is -2.09. The molecule has 0 spiro atoms. The van der Waals surface area contributed by atoms with E-state index in [1.54, 1.807) is 6.20 Å². The summed E-state index contributed by atoms with van der Waals surface area (Å²) >= 11 is 0. The summed E-state index contributed by atoms with van der Waals surface area (Å²) in [5, 5.41) is 5.54. The predicted octanol–water partition coefficient (Wildman–Crippen LogP) is 1.39. The molecule has 1 aromatic heterocycles. The summed E-state index contributed by atoms with van der Waals surface area (Å²) in [6.45, 7) is 3.30. The monoisotopic (exact) mass is 263 g/mol. The van der Waals surface area contributed by atoms with Gasteiger partial charge in [0.25, 0.3) is 0 Å². The summed E-state index contributed by atoms with van der Waals surface area (Å²) in [6, 6.07) is 5.00. The van der Waals surface area contributed by atoms with E-state index in [0.717, 1.165) is 31.5 Å². The van der Waals surface area contributed by atoms with Gasteiger partial charge < -0.3 is 11.1 Å². The molecule has 0 fully saturated rings. The number of guanidine groups is 1. The third-order valence-electron chi connectivity index (χ3n) is 2.44. The Morgan fingerprint density at radius 3 is 2.89 bits per heavy atom. The Hall–Kier alpha value is -2.11. The number of nitrogens with one attached hydrogen (secondary N) is 2. The van der Waals surface area contributed by atoms with Gasteiger partial charge in [-0.15, -0.1) is 0 Å². The molecule has 104 valence electrons. The van der Waals surface area contributed by atoms with Crippen LogP contribution in [-0.4, -0.2) is 23.5 Å². The molecule has 0 saturated carbocycles. The average molecular weight is 263 g/mol. The van der Waals surface area contributed by atoms with E-state index in [9.17, 15) is 4.79 Å². The van der Waals surface area contributed by atoms with Crippen LogP contribution in [0.15, 0.2) is 29.4 Å². The number of carbonyl (C=O) groups is 1. The van der Waals surface area contributed by atoms with Gasteiger partial charge in [0.2, 0.25) is 0 Å². The number of rotatable bonds is 6. The highest BCUT2D eigenvalue weighted by molar-refractivity contribution is 5.95. The lowest BCUT2D eigenvalue weighted by Crippen LogP contribution is -2.44. The summed E-state index contributed by atoms with van der Waals surface area (Å²) in [5.41, 5.74) is 5.94. The van der Waals surface area contributed by atoms with Gasteiger partial charge in [-0.2, -0.15) is 0 Å². The van der Waals surface area contributed by atoms with Crippen LogP contribution in [0.25, 0.3) is 0 Å². The van der Waals surface area contributed by atoms with Crippen LogP contribution < -0.4 is 16.4 Å². The number of carbonyl (C=O) groups excluding carboxylic acids is 1. The van der Waals surface area contributed by atoms with Crippen LogP contribution in [-0.2, 0) is 6.54 Å². The van der Waals surface area contributed by atoms with Gasteiger partial charge in [-0.05, 0) is 18.6 Å². The Kier molecular flexibility index (Phi) is 7.01. The zero-order valence-corrected chi connectivity index (χ0v) is 11.2. The molecule has 0 aliphatic carbocycles. The van der Waals surface area contributed by atoms with Crippen molar-refractivity contribution in [1.82, 2.24) is 15.6 Å². The molecule has 1 aromatic rings. The van der Waals surface area contributed by atoms with Gasteiger partial charge in [0, 0.05) is 12.7 Å². The number of hydrogen-bond acceptors (Lipinski definition) is 3. The van der Waals surface area contributed by atoms with Crippen LogP contribution in [0.2, 0.25) is 0 Å². The maximum Gasteiger partial charge on any atom is 0.318 e. The fourth-order valence-electron chi connectivity index (χ4n) is 1.49. The Bertz CT molecular complexity index is 405. The first-order chi connectivity index (χ1) is 9.22. The second kappa shape index (κ2) is 8.91. The molecule has 1 heterocycles. The normalized spacial score (nSPS) is 11.1. The molecule has 6 heteroatoms. The minimum absolute atomic E-state index is 0.397. The Labute approximate surface area is 113 Å². The Morgan fingerprint density at radius 2 is 2.26 bits per heavy atom. The van der Waals surface area contributed by atoms with E-state index in [1.807, 2.05) is 18.2 Å². The van der Waals surface area contributed by atoms with Crippen molar-refractivity contribution >= 4 is 12.0 Å². The molecule has 0 radical (unpaired) electrons. The van der Waals surface area contributed by atoms with Crippen molar-refractivity contribution in [3.63, 3.8) is 0 Å². The van der Waals surface area contributed by atoms with Crippen molar-refractivity contribution in [2.75, 3.05) is 6.54 Å². The molecule has 0 saturated heterocycles. The van der Waals surface area contributed by atoms with E-state index in [-0.39, 0.29) is 0 Å². The fourth-order valence-corrected chi connectivity index (χ4v) is 1.49. The molecular weight excluding hydrogens is 242 g/mol. The number of primary amides is 1. The number of aromatic nitrogens is 1. The van der Waals surface area contributed by atoms with E-state index in [4.69, 9.17) is 5.73 Å². The highest BCUT2D eigenvalue weighted by Crippen LogP contribution is 1.95. The summed E-state index contributed by atoms with van der Waals surface area (Å²) in [4.78, 5) is 19.3. The number of amides is 2. The molecule has 0 unspecified atom stereocenters. The minimum Gasteiger partial charge on any atom is -0.356 e. The second-order valence-electron chi connectivity index (χ2n) is 4.11. The van der Waals surface area contributed by atoms with Crippen LogP contribution >= 0.6 is 0 Å². The molecule has 2 amide bonds. The minimum atomic E-state index is -0.622. The predicted molar refractivity (Wildman–Crippen MR) is 75.6 cm³/mol. The quantitative estimate of drug-likeness (QED) is 0.411. The van der Waals surface area contributed by atoms with Gasteiger partial charge in [-0.3, -0.25) is 10.3 Å². The van der Waals surface area contributed by atoms with Crippen molar-refractivity contribution in [3.05, 3.63) is 30.1 Å². The lowest BCUT2D eigenvalue weighted by molar-refractivity contribution is 0.253. The molecule has 1 rings (SSSR count). The number of unbranched alkanes of at least 4 members (excludes halogenated alkanes) is 2. The highest BCUT2D eigenvalue weighted by atomic mass is 16.2. The zero-order valence-electron chi connectivity index (χ0n) is 11.2. The van der Waals surface area contributed by atoms with Crippen molar-refractivity contribution in [3.8, 4) is 0 Å². The zero-order chi connectivity index (χ0) is 13.9. The Morgan fingerprint density at radius 1 is 1.42 bits per heavy atom. The van der Waals surface area contributed by atoms with E-state index in [0.29, 0.717) is 12.5 Å². The van der Waals surface area contributed by atoms with Gasteiger partial charge >= 0.3 is 6.03 Å². The second-order valence-corrected chi connectivity index (χ2v) is 4.11. The smallest absolute Gasteiger partial charge is 0.318 e. The summed E-state index contributed by atoms with van der Waals surface area (Å²) in [6.07, 6.45) is 5.02. The van der Waals surface area contributed by atoms with Crippen LogP contribution in [0, 0.1) is 0 Å². The standard InChI is InChI=1S/C13H21N5O/c1-2-3-5-9-16-13(18-12(14)19)17-10-11-7-4-6-8-15-11/h4,6-8H,2-3,5,9-10H2,1H3,(H4,14,16,17,18,19).